The van der Waals surface area contributed by atoms with Crippen LogP contribution in [0.15, 0.2) is 0 Å². The smallest absolute Gasteiger partial charge is 0.550 e. The van der Waals surface area contributed by atoms with Gasteiger partial charge in [0.1, 0.15) is 0 Å². The zero-order valence-corrected chi connectivity index (χ0v) is 11.3. The molecule has 0 amide bonds. The molecule has 80 valence electrons. The third-order valence-electron chi connectivity index (χ3n) is 0. The molecule has 0 heterocycles. The number of hydrogen-bond donors (Lipinski definition) is 0. The van der Waals surface area contributed by atoms with E-state index in [0.29, 0.717) is 0 Å². The third kappa shape index (κ3) is 152000. The van der Waals surface area contributed by atoms with Crippen molar-refractivity contribution in [1.29, 1.82) is 0 Å². The zero-order chi connectivity index (χ0) is 10.7. The first-order valence-corrected chi connectivity index (χ1v) is 2.72. The molecule has 0 fully saturated rings. The minimum Gasteiger partial charge on any atom is -0.550 e. The Hall–Kier alpha value is -0.0965. The number of carbonyl (C=O) groups is 3. The SMILES string of the molecule is CC(=O)[O-].CC(=O)[O-].CC(=O)[O-].[Na+].[Ni+2]. The topological polar surface area (TPSA) is 120 Å². The molecule has 0 saturated carbocycles. The number of rotatable bonds is 0. The molecule has 8 heteroatoms. The van der Waals surface area contributed by atoms with Crippen LogP contribution in [-0.4, -0.2) is 17.9 Å². The van der Waals surface area contributed by atoms with E-state index in [0.717, 1.165) is 20.8 Å². The molecule has 0 aromatic heterocycles. The van der Waals surface area contributed by atoms with E-state index in [1.807, 2.05) is 0 Å². The number of aliphatic carboxylic acids is 3. The average molecular weight is 259 g/mol. The summed E-state index contributed by atoms with van der Waals surface area (Å²) in [6, 6.07) is 0. The number of carboxylic acid groups (broad SMARTS) is 3. The van der Waals surface area contributed by atoms with Crippen LogP contribution in [0, 0.1) is 0 Å². The van der Waals surface area contributed by atoms with E-state index in [2.05, 4.69) is 0 Å². The third-order valence-corrected chi connectivity index (χ3v) is 0. The van der Waals surface area contributed by atoms with Crippen LogP contribution < -0.4 is 44.9 Å². The summed E-state index contributed by atoms with van der Waals surface area (Å²) < 4.78 is 0. The summed E-state index contributed by atoms with van der Waals surface area (Å²) in [5, 5.41) is 26.7. The van der Waals surface area contributed by atoms with Crippen LogP contribution in [-0.2, 0) is 30.9 Å². The summed E-state index contributed by atoms with van der Waals surface area (Å²) in [4.78, 5) is 26.7. The first kappa shape index (κ1) is 29.2. The van der Waals surface area contributed by atoms with Gasteiger partial charge in [-0.05, 0) is 20.8 Å². The van der Waals surface area contributed by atoms with Crippen LogP contribution in [0.4, 0.5) is 0 Å². The van der Waals surface area contributed by atoms with Crippen molar-refractivity contribution < 1.29 is 75.8 Å². The van der Waals surface area contributed by atoms with Gasteiger partial charge in [0.25, 0.3) is 0 Å². The Morgan fingerprint density at radius 2 is 0.714 bits per heavy atom. The molecule has 0 aliphatic carbocycles. The van der Waals surface area contributed by atoms with Crippen LogP contribution in [0.1, 0.15) is 20.8 Å². The van der Waals surface area contributed by atoms with E-state index in [1.165, 1.54) is 0 Å². The molecule has 0 aliphatic rings. The zero-order valence-electron chi connectivity index (χ0n) is 8.27. The number of hydrogen-bond acceptors (Lipinski definition) is 6. The van der Waals surface area contributed by atoms with Crippen LogP contribution in [0.2, 0.25) is 0 Å². The average Bonchev–Trinajstić information content (AvgIpc) is 1.54. The van der Waals surface area contributed by atoms with E-state index >= 15 is 0 Å². The largest absolute Gasteiger partial charge is 2.00 e. The second-order valence-electron chi connectivity index (χ2n) is 1.47. The van der Waals surface area contributed by atoms with Gasteiger partial charge in [0.15, 0.2) is 0 Å². The molecular formula is C6H9NaNiO6. The van der Waals surface area contributed by atoms with Crippen molar-refractivity contribution in [3.8, 4) is 0 Å². The van der Waals surface area contributed by atoms with Gasteiger partial charge in [-0.1, -0.05) is 0 Å². The Bertz CT molecular complexity index is 120. The summed E-state index contributed by atoms with van der Waals surface area (Å²) >= 11 is 0. The molecule has 0 aromatic carbocycles. The molecule has 0 bridgehead atoms. The Labute approximate surface area is 114 Å². The molecule has 0 aromatic rings. The second kappa shape index (κ2) is 23.1. The second-order valence-corrected chi connectivity index (χ2v) is 1.47. The molecule has 0 aliphatic heterocycles. The van der Waals surface area contributed by atoms with Crippen molar-refractivity contribution in [2.45, 2.75) is 20.8 Å². The summed E-state index contributed by atoms with van der Waals surface area (Å²) in [6.45, 7) is 2.92. The van der Waals surface area contributed by atoms with Gasteiger partial charge >= 0.3 is 46.0 Å². The van der Waals surface area contributed by atoms with Crippen LogP contribution in [0.25, 0.3) is 0 Å². The maximum atomic E-state index is 8.89. The minimum absolute atomic E-state index is 0. The van der Waals surface area contributed by atoms with Crippen molar-refractivity contribution >= 4 is 17.9 Å². The molecule has 0 spiro atoms. The first-order valence-electron chi connectivity index (χ1n) is 2.72. The van der Waals surface area contributed by atoms with Gasteiger partial charge in [-0.15, -0.1) is 0 Å². The molecule has 0 atom stereocenters. The van der Waals surface area contributed by atoms with E-state index in [1.54, 1.807) is 0 Å². The van der Waals surface area contributed by atoms with Crippen molar-refractivity contribution in [3.05, 3.63) is 0 Å². The normalized spacial score (nSPS) is 5.36. The fraction of sp³-hybridized carbons (Fsp3) is 0.500. The van der Waals surface area contributed by atoms with E-state index in [9.17, 15) is 0 Å². The Kier molecular flexibility index (Phi) is 48.1. The standard InChI is InChI=1S/3C2H4O2.Na.Ni/c3*1-2(3)4;;/h3*1H3,(H,3,4);;/q;;;+1;+2/p-3. The van der Waals surface area contributed by atoms with Crippen LogP contribution >= 0.6 is 0 Å². The van der Waals surface area contributed by atoms with E-state index < -0.39 is 17.9 Å². The Morgan fingerprint density at radius 1 is 0.714 bits per heavy atom. The quantitative estimate of drug-likeness (QED) is 0.398. The maximum absolute atomic E-state index is 8.89. The molecule has 6 nitrogen and oxygen atoms in total. The monoisotopic (exact) mass is 258 g/mol. The Balaban J connectivity index is -0.0000000270. The minimum atomic E-state index is -1.08. The van der Waals surface area contributed by atoms with E-state index in [4.69, 9.17) is 29.7 Å². The fourth-order valence-corrected chi connectivity index (χ4v) is 0. The molecule has 0 saturated heterocycles. The van der Waals surface area contributed by atoms with Gasteiger partial charge in [0, 0.05) is 17.9 Å². The number of carboxylic acids is 3. The first-order chi connectivity index (χ1) is 5.20. The molecule has 0 rings (SSSR count). The van der Waals surface area contributed by atoms with Gasteiger partial charge in [-0.25, -0.2) is 0 Å². The fourth-order valence-electron chi connectivity index (χ4n) is 0. The molecular weight excluding hydrogens is 250 g/mol. The summed E-state index contributed by atoms with van der Waals surface area (Å²) in [5.41, 5.74) is 0. The summed E-state index contributed by atoms with van der Waals surface area (Å²) in [5.74, 6) is -3.25. The van der Waals surface area contributed by atoms with Gasteiger partial charge in [0.2, 0.25) is 0 Å². The van der Waals surface area contributed by atoms with Gasteiger partial charge in [-0.2, -0.15) is 0 Å². The van der Waals surface area contributed by atoms with Crippen LogP contribution in [0.3, 0.4) is 0 Å². The molecule has 0 radical (unpaired) electrons. The van der Waals surface area contributed by atoms with Crippen molar-refractivity contribution in [2.24, 2.45) is 0 Å². The van der Waals surface area contributed by atoms with Crippen molar-refractivity contribution in [1.82, 2.24) is 0 Å². The van der Waals surface area contributed by atoms with Gasteiger partial charge < -0.3 is 29.7 Å². The molecule has 14 heavy (non-hydrogen) atoms. The van der Waals surface area contributed by atoms with Gasteiger partial charge in [-0.3, -0.25) is 0 Å². The maximum Gasteiger partial charge on any atom is 2.00 e. The predicted molar refractivity (Wildman–Crippen MR) is 32.0 cm³/mol. The molecule has 0 unspecified atom stereocenters. The number of carbonyl (C=O) groups excluding carboxylic acids is 3. The van der Waals surface area contributed by atoms with Crippen LogP contribution in [0.5, 0.6) is 0 Å². The van der Waals surface area contributed by atoms with E-state index in [-0.39, 0.29) is 46.0 Å². The summed E-state index contributed by atoms with van der Waals surface area (Å²) in [7, 11) is 0. The predicted octanol–water partition coefficient (Wildman–Crippen LogP) is -6.73. The van der Waals surface area contributed by atoms with Crippen molar-refractivity contribution in [3.63, 3.8) is 0 Å². The van der Waals surface area contributed by atoms with Crippen molar-refractivity contribution in [2.75, 3.05) is 0 Å². The summed E-state index contributed by atoms with van der Waals surface area (Å²) in [6.07, 6.45) is 0. The van der Waals surface area contributed by atoms with Gasteiger partial charge in [0.05, 0.1) is 0 Å². The Morgan fingerprint density at radius 3 is 0.714 bits per heavy atom. The molecule has 0 N–H and O–H groups in total.